The van der Waals surface area contributed by atoms with Gasteiger partial charge in [0.05, 0.1) is 33.3 Å². The minimum atomic E-state index is -0.456. The Labute approximate surface area is 174 Å². The molecule has 1 aliphatic rings. The van der Waals surface area contributed by atoms with Gasteiger partial charge in [-0.05, 0) is 60.4 Å². The largest absolute Gasteiger partial charge is 0.497 e. The van der Waals surface area contributed by atoms with Crippen molar-refractivity contribution < 1.29 is 19.5 Å². The van der Waals surface area contributed by atoms with Gasteiger partial charge in [0, 0.05) is 5.69 Å². The van der Waals surface area contributed by atoms with Crippen molar-refractivity contribution in [3.8, 4) is 11.5 Å². The highest BCUT2D eigenvalue weighted by atomic mass is 16.5. The molecule has 1 atom stereocenters. The molecule has 1 saturated heterocycles. The fraction of sp³-hybridized carbons (Fsp3) is 0.500. The van der Waals surface area contributed by atoms with Gasteiger partial charge in [0.25, 0.3) is 0 Å². The lowest BCUT2D eigenvalue weighted by atomic mass is 9.98. The molecular formula is C24H35N2O3+. The van der Waals surface area contributed by atoms with Crippen LogP contribution in [0, 0.1) is 6.92 Å². The van der Waals surface area contributed by atoms with Crippen LogP contribution < -0.4 is 19.3 Å². The van der Waals surface area contributed by atoms with Gasteiger partial charge in [-0.15, -0.1) is 0 Å². The van der Waals surface area contributed by atoms with E-state index in [-0.39, 0.29) is 0 Å². The van der Waals surface area contributed by atoms with Crippen molar-refractivity contribution in [2.24, 2.45) is 0 Å². The fourth-order valence-electron chi connectivity index (χ4n) is 4.05. The molecule has 2 aromatic rings. The fourth-order valence-corrected chi connectivity index (χ4v) is 4.05. The van der Waals surface area contributed by atoms with Crippen molar-refractivity contribution in [1.29, 1.82) is 0 Å². The molecule has 2 aromatic carbocycles. The zero-order valence-electron chi connectivity index (χ0n) is 18.1. The molecule has 3 rings (SSSR count). The summed E-state index contributed by atoms with van der Waals surface area (Å²) in [6.07, 6.45) is -0.456. The van der Waals surface area contributed by atoms with Crippen LogP contribution in [0.25, 0.3) is 0 Å². The van der Waals surface area contributed by atoms with Gasteiger partial charge in [-0.25, -0.2) is 0 Å². The normalized spacial score (nSPS) is 16.1. The van der Waals surface area contributed by atoms with E-state index in [0.29, 0.717) is 12.5 Å². The molecule has 0 saturated carbocycles. The second kappa shape index (κ2) is 9.99. The smallest absolute Gasteiger partial charge is 0.137 e. The van der Waals surface area contributed by atoms with Gasteiger partial charge in [0.15, 0.2) is 0 Å². The third-order valence-corrected chi connectivity index (χ3v) is 5.74. The zero-order valence-corrected chi connectivity index (χ0v) is 18.1. The van der Waals surface area contributed by atoms with Crippen LogP contribution in [0.4, 0.5) is 5.69 Å². The topological polar surface area (TPSA) is 46.4 Å². The quantitative estimate of drug-likeness (QED) is 0.715. The Bertz CT molecular complexity index is 768. The molecule has 158 valence electrons. The average Bonchev–Trinajstić information content (AvgIpc) is 2.73. The van der Waals surface area contributed by atoms with Crippen molar-refractivity contribution >= 4 is 5.69 Å². The number of anilines is 1. The lowest BCUT2D eigenvalue weighted by Gasteiger charge is -2.34. The van der Waals surface area contributed by atoms with E-state index in [1.165, 1.54) is 21.7 Å². The standard InChI is InChI=1S/C24H34N2O3/c1-18(2)24-10-9-23(15-19(24)3)29-17-21(27)16-25-11-13-26(14-12-25)20-5-7-22(28-4)8-6-20/h5-10,15,18,21,27H,11-14,16-17H2,1-4H3/p+1/t21-/m1/s1. The lowest BCUT2D eigenvalue weighted by molar-refractivity contribution is -0.903. The molecule has 1 fully saturated rings. The van der Waals surface area contributed by atoms with E-state index in [0.717, 1.165) is 44.2 Å². The van der Waals surface area contributed by atoms with E-state index in [1.807, 2.05) is 18.2 Å². The number of hydrogen-bond donors (Lipinski definition) is 2. The third kappa shape index (κ3) is 5.87. The number of benzene rings is 2. The molecule has 0 spiro atoms. The van der Waals surface area contributed by atoms with E-state index < -0.39 is 6.10 Å². The molecule has 1 heterocycles. The van der Waals surface area contributed by atoms with Crippen LogP contribution in [0.3, 0.4) is 0 Å². The number of nitrogens with zero attached hydrogens (tertiary/aromatic N) is 1. The van der Waals surface area contributed by atoms with E-state index >= 15 is 0 Å². The highest BCUT2D eigenvalue weighted by Gasteiger charge is 2.23. The van der Waals surface area contributed by atoms with Crippen LogP contribution in [0.1, 0.15) is 30.9 Å². The summed E-state index contributed by atoms with van der Waals surface area (Å²) in [5.74, 6) is 2.23. The number of piperazine rings is 1. The number of hydrogen-bond acceptors (Lipinski definition) is 4. The van der Waals surface area contributed by atoms with Gasteiger partial charge in [0.1, 0.15) is 30.8 Å². The first-order valence-corrected chi connectivity index (χ1v) is 10.6. The Hall–Kier alpha value is -2.24. The molecule has 1 aliphatic heterocycles. The van der Waals surface area contributed by atoms with E-state index in [4.69, 9.17) is 9.47 Å². The van der Waals surface area contributed by atoms with Crippen LogP contribution in [-0.4, -0.2) is 57.7 Å². The maximum atomic E-state index is 10.4. The Morgan fingerprint density at radius 1 is 1.03 bits per heavy atom. The first-order chi connectivity index (χ1) is 14.0. The van der Waals surface area contributed by atoms with E-state index in [2.05, 4.69) is 49.9 Å². The average molecular weight is 400 g/mol. The number of rotatable bonds is 8. The summed E-state index contributed by atoms with van der Waals surface area (Å²) in [4.78, 5) is 3.82. The lowest BCUT2D eigenvalue weighted by Crippen LogP contribution is -3.16. The second-order valence-corrected chi connectivity index (χ2v) is 8.28. The molecule has 2 N–H and O–H groups in total. The highest BCUT2D eigenvalue weighted by Crippen LogP contribution is 2.23. The number of aliphatic hydroxyl groups excluding tert-OH is 1. The maximum Gasteiger partial charge on any atom is 0.137 e. The van der Waals surface area contributed by atoms with Gasteiger partial charge in [-0.2, -0.15) is 0 Å². The summed E-state index contributed by atoms with van der Waals surface area (Å²) >= 11 is 0. The summed E-state index contributed by atoms with van der Waals surface area (Å²) < 4.78 is 11.1. The van der Waals surface area contributed by atoms with Gasteiger partial charge >= 0.3 is 0 Å². The third-order valence-electron chi connectivity index (χ3n) is 5.74. The van der Waals surface area contributed by atoms with Crippen LogP contribution in [0.2, 0.25) is 0 Å². The summed E-state index contributed by atoms with van der Waals surface area (Å²) in [6, 6.07) is 14.4. The summed E-state index contributed by atoms with van der Waals surface area (Å²) in [5.41, 5.74) is 3.82. The van der Waals surface area contributed by atoms with Gasteiger partial charge in [0.2, 0.25) is 0 Å². The van der Waals surface area contributed by atoms with Crippen LogP contribution in [-0.2, 0) is 0 Å². The number of quaternary nitrogens is 1. The predicted molar refractivity (Wildman–Crippen MR) is 118 cm³/mol. The van der Waals surface area contributed by atoms with Crippen molar-refractivity contribution in [3.63, 3.8) is 0 Å². The van der Waals surface area contributed by atoms with Crippen LogP contribution in [0.15, 0.2) is 42.5 Å². The molecule has 29 heavy (non-hydrogen) atoms. The van der Waals surface area contributed by atoms with Crippen molar-refractivity contribution in [1.82, 2.24) is 0 Å². The molecule has 0 unspecified atom stereocenters. The monoisotopic (exact) mass is 399 g/mol. The Balaban J connectivity index is 1.42. The first-order valence-electron chi connectivity index (χ1n) is 10.6. The molecule has 0 aliphatic carbocycles. The summed E-state index contributed by atoms with van der Waals surface area (Å²) in [5, 5.41) is 10.4. The summed E-state index contributed by atoms with van der Waals surface area (Å²) in [7, 11) is 1.69. The van der Waals surface area contributed by atoms with Crippen molar-refractivity contribution in [2.45, 2.75) is 32.8 Å². The van der Waals surface area contributed by atoms with E-state index in [1.54, 1.807) is 7.11 Å². The Morgan fingerprint density at radius 3 is 2.28 bits per heavy atom. The number of aryl methyl sites for hydroxylation is 1. The molecular weight excluding hydrogens is 364 g/mol. The molecule has 0 bridgehead atoms. The van der Waals surface area contributed by atoms with Gasteiger partial charge in [-0.3, -0.25) is 0 Å². The summed E-state index contributed by atoms with van der Waals surface area (Å²) in [6.45, 7) is 11.6. The minimum absolute atomic E-state index is 0.339. The first kappa shape index (κ1) is 21.5. The maximum absolute atomic E-state index is 10.4. The Morgan fingerprint density at radius 2 is 1.69 bits per heavy atom. The van der Waals surface area contributed by atoms with Crippen LogP contribution >= 0.6 is 0 Å². The predicted octanol–water partition coefficient (Wildman–Crippen LogP) is 2.27. The molecule has 5 nitrogen and oxygen atoms in total. The number of ether oxygens (including phenoxy) is 2. The van der Waals surface area contributed by atoms with Gasteiger partial charge in [-0.1, -0.05) is 19.9 Å². The van der Waals surface area contributed by atoms with Crippen molar-refractivity contribution in [2.75, 3.05) is 51.3 Å². The zero-order chi connectivity index (χ0) is 20.8. The Kier molecular flexibility index (Phi) is 7.40. The van der Waals surface area contributed by atoms with E-state index in [9.17, 15) is 5.11 Å². The van der Waals surface area contributed by atoms with Crippen LogP contribution in [0.5, 0.6) is 11.5 Å². The number of nitrogens with one attached hydrogen (secondary N) is 1. The van der Waals surface area contributed by atoms with Gasteiger partial charge < -0.3 is 24.4 Å². The number of methoxy groups -OCH3 is 1. The molecule has 5 heteroatoms. The minimum Gasteiger partial charge on any atom is -0.497 e. The molecule has 0 amide bonds. The molecule has 0 aromatic heterocycles. The second-order valence-electron chi connectivity index (χ2n) is 8.28. The van der Waals surface area contributed by atoms with Crippen molar-refractivity contribution in [3.05, 3.63) is 53.6 Å². The number of aliphatic hydroxyl groups is 1. The SMILES string of the molecule is COc1ccc(N2CC[NH+](C[C@@H](O)COc3ccc(C(C)C)c(C)c3)CC2)cc1. The highest BCUT2D eigenvalue weighted by molar-refractivity contribution is 5.49. The molecule has 0 radical (unpaired) electrons.